The van der Waals surface area contributed by atoms with Gasteiger partial charge in [0.2, 0.25) is 5.91 Å². The van der Waals surface area contributed by atoms with Crippen LogP contribution in [0.1, 0.15) is 39.7 Å². The molecule has 0 aliphatic carbocycles. The molecular weight excluding hydrogens is 394 g/mol. The van der Waals surface area contributed by atoms with Crippen LogP contribution in [0.4, 0.5) is 5.13 Å². The molecule has 1 saturated heterocycles. The summed E-state index contributed by atoms with van der Waals surface area (Å²) in [5.41, 5.74) is 2.13. The first kappa shape index (κ1) is 23.1. The zero-order valence-electron chi connectivity index (χ0n) is 19.1. The molecule has 1 aliphatic heterocycles. The molecule has 7 heteroatoms. The third-order valence-corrected chi connectivity index (χ3v) is 6.92. The van der Waals surface area contributed by atoms with Gasteiger partial charge in [-0.3, -0.25) is 14.6 Å². The maximum absolute atomic E-state index is 12.4. The van der Waals surface area contributed by atoms with E-state index in [1.54, 1.807) is 11.3 Å². The van der Waals surface area contributed by atoms with E-state index in [9.17, 15) is 4.79 Å². The summed E-state index contributed by atoms with van der Waals surface area (Å²) in [7, 11) is 0. The first-order chi connectivity index (χ1) is 14.3. The number of benzene rings is 1. The Morgan fingerprint density at radius 1 is 1.10 bits per heavy atom. The van der Waals surface area contributed by atoms with Crippen LogP contribution in [0.2, 0.25) is 0 Å². The van der Waals surface area contributed by atoms with Crippen molar-refractivity contribution in [1.82, 2.24) is 19.7 Å². The highest BCUT2D eigenvalue weighted by atomic mass is 32.1. The Morgan fingerprint density at radius 2 is 1.73 bits per heavy atom. The van der Waals surface area contributed by atoms with E-state index in [1.165, 1.54) is 0 Å². The van der Waals surface area contributed by atoms with E-state index in [0.717, 1.165) is 61.6 Å². The van der Waals surface area contributed by atoms with E-state index < -0.39 is 0 Å². The number of carbonyl (C=O) groups excluding carboxylic acids is 1. The molecule has 1 fully saturated rings. The fraction of sp³-hybridized carbons (Fsp3) is 0.652. The largest absolute Gasteiger partial charge is 0.302 e. The molecule has 3 rings (SSSR count). The number of nitrogens with zero attached hydrogens (tertiary/aromatic N) is 4. The van der Waals surface area contributed by atoms with Gasteiger partial charge in [-0.1, -0.05) is 23.5 Å². The summed E-state index contributed by atoms with van der Waals surface area (Å²) in [6.07, 6.45) is 0.517. The van der Waals surface area contributed by atoms with Crippen LogP contribution in [0.15, 0.2) is 18.2 Å². The van der Waals surface area contributed by atoms with Gasteiger partial charge in [-0.25, -0.2) is 4.98 Å². The summed E-state index contributed by atoms with van der Waals surface area (Å²) in [6, 6.07) is 7.31. The SMILES string of the molecule is Cc1cccc2sc(NC(=O)CCN3CCN(CCN(C(C)C)C(C)C)CC3)nc12. The summed E-state index contributed by atoms with van der Waals surface area (Å²) >= 11 is 1.55. The van der Waals surface area contributed by atoms with Crippen molar-refractivity contribution < 1.29 is 4.79 Å². The van der Waals surface area contributed by atoms with Gasteiger partial charge in [0, 0.05) is 64.3 Å². The molecular formula is C23H37N5OS. The lowest BCUT2D eigenvalue weighted by Gasteiger charge is -2.37. The maximum atomic E-state index is 12.4. The number of rotatable bonds is 9. The van der Waals surface area contributed by atoms with Gasteiger partial charge in [0.25, 0.3) is 0 Å². The second-order valence-corrected chi connectivity index (χ2v) is 9.88. The molecule has 1 amide bonds. The van der Waals surface area contributed by atoms with Gasteiger partial charge in [0.05, 0.1) is 10.2 Å². The van der Waals surface area contributed by atoms with Crippen molar-refractivity contribution in [3.05, 3.63) is 23.8 Å². The lowest BCUT2D eigenvalue weighted by Crippen LogP contribution is -2.50. The van der Waals surface area contributed by atoms with Crippen molar-refractivity contribution >= 4 is 32.6 Å². The van der Waals surface area contributed by atoms with E-state index in [1.807, 2.05) is 6.07 Å². The number of carbonyl (C=O) groups is 1. The van der Waals surface area contributed by atoms with Crippen molar-refractivity contribution in [3.63, 3.8) is 0 Å². The summed E-state index contributed by atoms with van der Waals surface area (Å²) in [5, 5.41) is 3.69. The summed E-state index contributed by atoms with van der Waals surface area (Å²) in [5.74, 6) is 0.0543. The Kier molecular flexibility index (Phi) is 8.22. The Bertz CT molecular complexity index is 818. The molecule has 1 aliphatic rings. The topological polar surface area (TPSA) is 51.7 Å². The first-order valence-corrected chi connectivity index (χ1v) is 12.0. The van der Waals surface area contributed by atoms with Gasteiger partial charge in [0.15, 0.2) is 5.13 Å². The monoisotopic (exact) mass is 431 g/mol. The molecule has 0 atom stereocenters. The van der Waals surface area contributed by atoms with E-state index >= 15 is 0 Å². The van der Waals surface area contributed by atoms with Crippen LogP contribution in [0, 0.1) is 6.92 Å². The molecule has 1 N–H and O–H groups in total. The van der Waals surface area contributed by atoms with Crippen LogP contribution in [0.25, 0.3) is 10.2 Å². The summed E-state index contributed by atoms with van der Waals surface area (Å²) in [4.78, 5) is 24.5. The van der Waals surface area contributed by atoms with E-state index in [0.29, 0.717) is 23.6 Å². The standard InChI is InChI=1S/C23H37N5OS/c1-17(2)28(18(3)4)16-15-27-13-11-26(12-14-27)10-9-21(29)24-23-25-22-19(5)7-6-8-20(22)30-23/h6-8,17-18H,9-16H2,1-5H3,(H,24,25,29). The predicted molar refractivity (Wildman–Crippen MR) is 127 cm³/mol. The maximum Gasteiger partial charge on any atom is 0.227 e. The van der Waals surface area contributed by atoms with Crippen molar-refractivity contribution in [3.8, 4) is 0 Å². The average molecular weight is 432 g/mol. The smallest absolute Gasteiger partial charge is 0.227 e. The van der Waals surface area contributed by atoms with Gasteiger partial charge in [0.1, 0.15) is 0 Å². The van der Waals surface area contributed by atoms with Crippen molar-refractivity contribution in [2.45, 2.75) is 53.1 Å². The first-order valence-electron chi connectivity index (χ1n) is 11.2. The van der Waals surface area contributed by atoms with Gasteiger partial charge in [-0.15, -0.1) is 0 Å². The third-order valence-electron chi connectivity index (χ3n) is 5.99. The molecule has 2 heterocycles. The van der Waals surface area contributed by atoms with E-state index in [4.69, 9.17) is 0 Å². The predicted octanol–water partition coefficient (Wildman–Crippen LogP) is 3.67. The molecule has 0 unspecified atom stereocenters. The number of anilines is 1. The molecule has 2 aromatic rings. The molecule has 6 nitrogen and oxygen atoms in total. The minimum Gasteiger partial charge on any atom is -0.302 e. The molecule has 30 heavy (non-hydrogen) atoms. The molecule has 1 aromatic carbocycles. The van der Waals surface area contributed by atoms with Crippen LogP contribution in [-0.4, -0.2) is 83.5 Å². The Morgan fingerprint density at radius 3 is 2.33 bits per heavy atom. The van der Waals surface area contributed by atoms with Crippen LogP contribution in [-0.2, 0) is 4.79 Å². The second kappa shape index (κ2) is 10.7. The van der Waals surface area contributed by atoms with Crippen LogP contribution >= 0.6 is 11.3 Å². The number of fused-ring (bicyclic) bond motifs is 1. The van der Waals surface area contributed by atoms with Gasteiger partial charge in [-0.2, -0.15) is 0 Å². The van der Waals surface area contributed by atoms with Gasteiger partial charge in [-0.05, 0) is 46.2 Å². The fourth-order valence-corrected chi connectivity index (χ4v) is 5.15. The van der Waals surface area contributed by atoms with E-state index in [2.05, 4.69) is 71.8 Å². The highest BCUT2D eigenvalue weighted by molar-refractivity contribution is 7.22. The third kappa shape index (κ3) is 6.23. The number of amides is 1. The van der Waals surface area contributed by atoms with Crippen LogP contribution < -0.4 is 5.32 Å². The number of nitrogens with one attached hydrogen (secondary N) is 1. The normalized spacial score (nSPS) is 16.3. The van der Waals surface area contributed by atoms with Crippen LogP contribution in [0.5, 0.6) is 0 Å². The number of para-hydroxylation sites is 1. The summed E-state index contributed by atoms with van der Waals surface area (Å²) < 4.78 is 1.12. The Labute approximate surface area is 185 Å². The van der Waals surface area contributed by atoms with Gasteiger partial charge < -0.3 is 10.2 Å². The Hall–Kier alpha value is -1.54. The number of hydrogen-bond acceptors (Lipinski definition) is 6. The van der Waals surface area contributed by atoms with Crippen LogP contribution in [0.3, 0.4) is 0 Å². The summed E-state index contributed by atoms with van der Waals surface area (Å²) in [6.45, 7) is 18.5. The number of aryl methyl sites for hydroxylation is 1. The minimum absolute atomic E-state index is 0.0543. The zero-order chi connectivity index (χ0) is 21.7. The number of piperazine rings is 1. The number of hydrogen-bond donors (Lipinski definition) is 1. The second-order valence-electron chi connectivity index (χ2n) is 8.85. The lowest BCUT2D eigenvalue weighted by molar-refractivity contribution is -0.116. The van der Waals surface area contributed by atoms with E-state index in [-0.39, 0.29) is 5.91 Å². The number of thiazole rings is 1. The molecule has 0 bridgehead atoms. The fourth-order valence-electron chi connectivity index (χ4n) is 4.19. The highest BCUT2D eigenvalue weighted by Crippen LogP contribution is 2.27. The number of aromatic nitrogens is 1. The lowest BCUT2D eigenvalue weighted by atomic mass is 10.2. The van der Waals surface area contributed by atoms with Crippen molar-refractivity contribution in [2.75, 3.05) is 51.1 Å². The van der Waals surface area contributed by atoms with Crippen molar-refractivity contribution in [1.29, 1.82) is 0 Å². The highest BCUT2D eigenvalue weighted by Gasteiger charge is 2.20. The molecule has 0 spiro atoms. The molecule has 1 aromatic heterocycles. The molecule has 0 saturated carbocycles. The Balaban J connectivity index is 1.38. The van der Waals surface area contributed by atoms with Gasteiger partial charge >= 0.3 is 0 Å². The minimum atomic E-state index is 0.0543. The quantitative estimate of drug-likeness (QED) is 0.657. The zero-order valence-corrected chi connectivity index (χ0v) is 20.0. The van der Waals surface area contributed by atoms with Crippen molar-refractivity contribution in [2.24, 2.45) is 0 Å². The molecule has 166 valence electrons. The molecule has 0 radical (unpaired) electrons. The average Bonchev–Trinajstić information content (AvgIpc) is 3.11.